The number of anilines is 1. The molecule has 0 aliphatic rings. The van der Waals surface area contributed by atoms with Crippen molar-refractivity contribution in [2.24, 2.45) is 0 Å². The van der Waals surface area contributed by atoms with E-state index in [0.29, 0.717) is 10.7 Å². The van der Waals surface area contributed by atoms with Gasteiger partial charge in [-0.05, 0) is 25.1 Å². The van der Waals surface area contributed by atoms with Crippen LogP contribution in [0.5, 0.6) is 0 Å². The van der Waals surface area contributed by atoms with E-state index in [9.17, 15) is 4.79 Å². The fourth-order valence-corrected chi connectivity index (χ4v) is 1.53. The van der Waals surface area contributed by atoms with E-state index in [2.05, 4.69) is 5.32 Å². The lowest BCUT2D eigenvalue weighted by Crippen LogP contribution is -2.15. The molecule has 0 aromatic heterocycles. The van der Waals surface area contributed by atoms with Crippen molar-refractivity contribution in [1.29, 1.82) is 5.26 Å². The highest BCUT2D eigenvalue weighted by atomic mass is 35.5. The lowest BCUT2D eigenvalue weighted by atomic mass is 10.2. The molecule has 0 bridgehead atoms. The van der Waals surface area contributed by atoms with Gasteiger partial charge in [0.15, 0.2) is 5.57 Å². The van der Waals surface area contributed by atoms with Gasteiger partial charge in [-0.1, -0.05) is 23.2 Å². The molecule has 0 saturated carbocycles. The third kappa shape index (κ3) is 3.38. The number of hydrogen-bond donors (Lipinski definition) is 2. The minimum atomic E-state index is -0.725. The summed E-state index contributed by atoms with van der Waals surface area (Å²) in [5, 5.41) is 20.9. The fraction of sp³-hybridized carbons (Fsp3) is 0.0909. The normalized spacial score (nSPS) is 11.4. The fourth-order valence-electron chi connectivity index (χ4n) is 1.07. The molecule has 1 amide bonds. The number of benzene rings is 1. The molecule has 0 unspecified atom stereocenters. The molecular weight excluding hydrogens is 263 g/mol. The molecule has 4 nitrogen and oxygen atoms in total. The minimum absolute atomic E-state index is 0.249. The van der Waals surface area contributed by atoms with Crippen molar-refractivity contribution in [2.45, 2.75) is 6.92 Å². The van der Waals surface area contributed by atoms with E-state index in [4.69, 9.17) is 33.6 Å². The van der Waals surface area contributed by atoms with Crippen molar-refractivity contribution in [3.63, 3.8) is 0 Å². The number of carbonyl (C=O) groups excluding carboxylic acids is 1. The molecule has 0 aliphatic carbocycles. The Morgan fingerprint density at radius 2 is 2.12 bits per heavy atom. The summed E-state index contributed by atoms with van der Waals surface area (Å²) in [6.07, 6.45) is 0. The Balaban J connectivity index is 2.97. The zero-order valence-corrected chi connectivity index (χ0v) is 10.3. The summed E-state index contributed by atoms with van der Waals surface area (Å²) in [6, 6.07) is 6.11. The summed E-state index contributed by atoms with van der Waals surface area (Å²) in [7, 11) is 0. The van der Waals surface area contributed by atoms with Crippen LogP contribution in [0.25, 0.3) is 0 Å². The summed E-state index contributed by atoms with van der Waals surface area (Å²) >= 11 is 11.5. The highest BCUT2D eigenvalue weighted by Crippen LogP contribution is 2.25. The summed E-state index contributed by atoms with van der Waals surface area (Å²) in [4.78, 5) is 11.6. The molecule has 0 heterocycles. The average Bonchev–Trinajstić information content (AvgIpc) is 2.22. The van der Waals surface area contributed by atoms with Crippen molar-refractivity contribution in [3.8, 4) is 6.07 Å². The topological polar surface area (TPSA) is 73.1 Å². The van der Waals surface area contributed by atoms with E-state index >= 15 is 0 Å². The van der Waals surface area contributed by atoms with E-state index in [1.54, 1.807) is 12.1 Å². The molecule has 0 spiro atoms. The molecule has 0 fully saturated rings. The van der Waals surface area contributed by atoms with Crippen LogP contribution in [0.2, 0.25) is 10.0 Å². The SMILES string of the molecule is C/C(O)=C(/C#N)C(=O)Nc1ccc(Cl)cc1Cl. The van der Waals surface area contributed by atoms with Gasteiger partial charge in [-0.2, -0.15) is 5.26 Å². The number of nitrogens with zero attached hydrogens (tertiary/aromatic N) is 1. The van der Waals surface area contributed by atoms with Gasteiger partial charge in [-0.15, -0.1) is 0 Å². The second kappa shape index (κ2) is 5.58. The molecular formula is C11H8Cl2N2O2. The number of nitrogens with one attached hydrogen (secondary N) is 1. The first-order valence-electron chi connectivity index (χ1n) is 4.52. The lowest BCUT2D eigenvalue weighted by Gasteiger charge is -2.06. The molecule has 0 aliphatic heterocycles. The predicted molar refractivity (Wildman–Crippen MR) is 66.0 cm³/mol. The van der Waals surface area contributed by atoms with Crippen molar-refractivity contribution < 1.29 is 9.90 Å². The van der Waals surface area contributed by atoms with Gasteiger partial charge in [0, 0.05) is 5.02 Å². The van der Waals surface area contributed by atoms with Crippen LogP contribution in [-0.4, -0.2) is 11.0 Å². The Morgan fingerprint density at radius 1 is 1.47 bits per heavy atom. The molecule has 0 saturated heterocycles. The number of hydrogen-bond acceptors (Lipinski definition) is 3. The number of aliphatic hydroxyl groups excluding tert-OH is 1. The zero-order chi connectivity index (χ0) is 13.0. The maximum Gasteiger partial charge on any atom is 0.269 e. The standard InChI is InChI=1S/C11H8Cl2N2O2/c1-6(16)8(5-14)11(17)15-10-3-2-7(12)4-9(10)13/h2-4,16H,1H3,(H,15,17)/b8-6+. The Bertz CT molecular complexity index is 529. The first kappa shape index (κ1) is 13.4. The van der Waals surface area contributed by atoms with Gasteiger partial charge in [0.25, 0.3) is 5.91 Å². The van der Waals surface area contributed by atoms with Gasteiger partial charge < -0.3 is 10.4 Å². The second-order valence-electron chi connectivity index (χ2n) is 3.15. The number of allylic oxidation sites excluding steroid dienone is 1. The van der Waals surface area contributed by atoms with Crippen LogP contribution >= 0.6 is 23.2 Å². The number of nitriles is 1. The molecule has 0 atom stereocenters. The van der Waals surface area contributed by atoms with Crippen LogP contribution in [0.3, 0.4) is 0 Å². The highest BCUT2D eigenvalue weighted by Gasteiger charge is 2.14. The lowest BCUT2D eigenvalue weighted by molar-refractivity contribution is -0.112. The second-order valence-corrected chi connectivity index (χ2v) is 3.99. The smallest absolute Gasteiger partial charge is 0.269 e. The Labute approximate surface area is 108 Å². The van der Waals surface area contributed by atoms with Crippen molar-refractivity contribution in [3.05, 3.63) is 39.6 Å². The van der Waals surface area contributed by atoms with Crippen LogP contribution in [0.4, 0.5) is 5.69 Å². The largest absolute Gasteiger partial charge is 0.511 e. The van der Waals surface area contributed by atoms with Crippen molar-refractivity contribution >= 4 is 34.8 Å². The number of halogens is 2. The van der Waals surface area contributed by atoms with Crippen LogP contribution in [-0.2, 0) is 4.79 Å². The molecule has 17 heavy (non-hydrogen) atoms. The zero-order valence-electron chi connectivity index (χ0n) is 8.79. The van der Waals surface area contributed by atoms with Crippen molar-refractivity contribution in [2.75, 3.05) is 5.32 Å². The van der Waals surface area contributed by atoms with Crippen LogP contribution < -0.4 is 5.32 Å². The number of amides is 1. The molecule has 1 rings (SSSR count). The summed E-state index contributed by atoms with van der Waals surface area (Å²) < 4.78 is 0. The molecule has 1 aromatic rings. The molecule has 88 valence electrons. The maximum absolute atomic E-state index is 11.6. The van der Waals surface area contributed by atoms with Crippen LogP contribution in [0.15, 0.2) is 29.5 Å². The van der Waals surface area contributed by atoms with E-state index in [1.165, 1.54) is 19.1 Å². The Hall–Kier alpha value is -1.70. The van der Waals surface area contributed by atoms with E-state index in [0.717, 1.165) is 0 Å². The van der Waals surface area contributed by atoms with E-state index in [-0.39, 0.29) is 16.4 Å². The maximum atomic E-state index is 11.6. The third-order valence-electron chi connectivity index (χ3n) is 1.88. The summed E-state index contributed by atoms with van der Waals surface area (Å²) in [5.41, 5.74) is -0.0499. The first-order valence-corrected chi connectivity index (χ1v) is 5.27. The Kier molecular flexibility index (Phi) is 4.38. The van der Waals surface area contributed by atoms with Gasteiger partial charge >= 0.3 is 0 Å². The van der Waals surface area contributed by atoms with Crippen LogP contribution in [0.1, 0.15) is 6.92 Å². The Morgan fingerprint density at radius 3 is 2.59 bits per heavy atom. The van der Waals surface area contributed by atoms with Gasteiger partial charge in [-0.3, -0.25) is 4.79 Å². The molecule has 2 N–H and O–H groups in total. The number of carbonyl (C=O) groups is 1. The quantitative estimate of drug-likeness (QED) is 0.492. The number of aliphatic hydroxyl groups is 1. The van der Waals surface area contributed by atoms with E-state index in [1.807, 2.05) is 0 Å². The van der Waals surface area contributed by atoms with Gasteiger partial charge in [-0.25, -0.2) is 0 Å². The third-order valence-corrected chi connectivity index (χ3v) is 2.43. The minimum Gasteiger partial charge on any atom is -0.511 e. The van der Waals surface area contributed by atoms with Crippen molar-refractivity contribution in [1.82, 2.24) is 0 Å². The predicted octanol–water partition coefficient (Wildman–Crippen LogP) is 3.29. The van der Waals surface area contributed by atoms with Gasteiger partial charge in [0.05, 0.1) is 10.7 Å². The molecule has 1 aromatic carbocycles. The first-order chi connectivity index (χ1) is 7.95. The highest BCUT2D eigenvalue weighted by molar-refractivity contribution is 6.36. The van der Waals surface area contributed by atoms with Gasteiger partial charge in [0.1, 0.15) is 11.8 Å². The van der Waals surface area contributed by atoms with Gasteiger partial charge in [0.2, 0.25) is 0 Å². The molecule has 0 radical (unpaired) electrons. The van der Waals surface area contributed by atoms with Crippen LogP contribution in [0, 0.1) is 11.3 Å². The average molecular weight is 271 g/mol. The summed E-state index contributed by atoms with van der Waals surface area (Å²) in [6.45, 7) is 1.25. The van der Waals surface area contributed by atoms with E-state index < -0.39 is 5.91 Å². The summed E-state index contributed by atoms with van der Waals surface area (Å²) in [5.74, 6) is -1.08. The molecule has 6 heteroatoms. The number of rotatable bonds is 2. The monoisotopic (exact) mass is 270 g/mol.